The number of aliphatic imine (C=N–C) groups is 3. The molecule has 6 aromatic carbocycles. The first kappa shape index (κ1) is 92.7. The SMILES string of the molecule is COC(=O)c1ccc([C@@H](C)N2C(=O)C(c3cccc(-c4ccncc4)c3)=NC23CCC(C(C)(C)C)CC3)cc1.COC(=O)c1ccc([C@@H](C)N2C(=O)C(c3cccc(Br)c3)=NC23CCC(C(C)(C)C)CC3)cc1.C[C@H](c1ccc(C(=O)NCCC(=O)O)cc1)N1C(=O)C(c2cccc(-c3ccncc3)c2)=NC12CCC(C(C)(C)C)CC2.OB(O)c1ccncc1. The number of halogens is 1. The molecular formula is C101H116BBrN10O12. The second-order valence-electron chi connectivity index (χ2n) is 36.8. The maximum absolute atomic E-state index is 14.3. The molecule has 24 heteroatoms. The van der Waals surface area contributed by atoms with Crippen molar-refractivity contribution in [3.05, 3.63) is 274 Å². The Morgan fingerprint density at radius 3 is 1.02 bits per heavy atom. The number of nitrogens with one attached hydrogen (secondary N) is 1. The molecule has 6 aliphatic rings. The summed E-state index contributed by atoms with van der Waals surface area (Å²) >= 11 is 3.53. The van der Waals surface area contributed by atoms with Crippen LogP contribution in [0.2, 0.25) is 0 Å². The number of hydrogen-bond acceptors (Lipinski definition) is 17. The maximum atomic E-state index is 14.3. The van der Waals surface area contributed by atoms with Crippen LogP contribution in [0.4, 0.5) is 0 Å². The third kappa shape index (κ3) is 21.4. The van der Waals surface area contributed by atoms with Crippen LogP contribution in [0.15, 0.2) is 239 Å². The number of carboxylic acids is 1. The van der Waals surface area contributed by atoms with E-state index in [1.54, 1.807) is 73.3 Å². The van der Waals surface area contributed by atoms with Gasteiger partial charge in [-0.05, 0) is 273 Å². The molecule has 9 aromatic rings. The van der Waals surface area contributed by atoms with Crippen LogP contribution >= 0.6 is 15.9 Å². The van der Waals surface area contributed by atoms with Gasteiger partial charge in [-0.2, -0.15) is 0 Å². The zero-order valence-corrected chi connectivity index (χ0v) is 75.7. The number of ether oxygens (including phenoxy) is 2. The predicted molar refractivity (Wildman–Crippen MR) is 492 cm³/mol. The Balaban J connectivity index is 0.000000163. The monoisotopic (exact) mass is 1750 g/mol. The van der Waals surface area contributed by atoms with Crippen molar-refractivity contribution >= 4 is 87.2 Å². The third-order valence-electron chi connectivity index (χ3n) is 26.1. The predicted octanol–water partition coefficient (Wildman–Crippen LogP) is 18.5. The van der Waals surface area contributed by atoms with Crippen LogP contribution in [0, 0.1) is 34.0 Å². The standard InChI is InChI=1S/C35H40N4O4.C33H37N3O3.C28H33BrN2O3.C5H6BNO2/c1-23(24-8-10-26(11-9-24)32(42)37-21-16-30(40)41)39-33(43)31(38-35(39)17-12-29(13-18-35)34(2,3)4)28-7-5-6-27(22-28)25-14-19-36-20-15-25;1-22(23-9-11-25(12-10-23)31(38)39-5)36-30(37)29(35-33(36)17-13-28(14-18-33)32(2,3)4)27-8-6-7-26(21-27)24-15-19-34-20-16-24;1-18(19-9-11-20(12-10-19)26(33)34-5)31-25(32)24(21-7-6-8-23(29)17-21)30-28(31)15-13-22(14-16-28)27(2,3)4;8-6(9)5-1-3-7-4-2-5/h5-11,14-15,19-20,22-23,29H,12-13,16-18,21H2,1-4H3,(H,37,42)(H,40,41);6-12,15-16,19-22,28H,13-14,17-18H2,1-5H3;6-12,17-18,22H,13-16H2,1-5H3;1-4,8-9H/t23-,29?,35?;22-,28?,33?;18-,22?,28?;/m111./s1. The van der Waals surface area contributed by atoms with Crippen molar-refractivity contribution in [2.45, 2.75) is 202 Å². The summed E-state index contributed by atoms with van der Waals surface area (Å²) in [6, 6.07) is 56.1. The molecule has 3 aromatic heterocycles. The van der Waals surface area contributed by atoms with Crippen molar-refractivity contribution in [2.24, 2.45) is 49.0 Å². The average Bonchev–Trinajstić information content (AvgIpc) is 1.60. The van der Waals surface area contributed by atoms with Crippen LogP contribution in [-0.2, 0) is 28.7 Å². The van der Waals surface area contributed by atoms with Crippen molar-refractivity contribution in [2.75, 3.05) is 20.8 Å². The van der Waals surface area contributed by atoms with Gasteiger partial charge in [-0.25, -0.2) is 9.59 Å². The van der Waals surface area contributed by atoms with Crippen LogP contribution in [0.3, 0.4) is 0 Å². The van der Waals surface area contributed by atoms with E-state index < -0.39 is 30.1 Å². The first-order valence-corrected chi connectivity index (χ1v) is 44.1. The zero-order valence-electron chi connectivity index (χ0n) is 74.1. The number of nitrogens with zero attached hydrogens (tertiary/aromatic N) is 9. The molecule has 3 aliphatic carbocycles. The van der Waals surface area contributed by atoms with Gasteiger partial charge in [-0.15, -0.1) is 0 Å². The van der Waals surface area contributed by atoms with Gasteiger partial charge < -0.3 is 44.6 Å². The Hall–Kier alpha value is -11.5. The van der Waals surface area contributed by atoms with Gasteiger partial charge in [0.05, 0.1) is 49.9 Å². The number of amides is 4. The highest BCUT2D eigenvalue weighted by atomic mass is 79.9. The third-order valence-corrected chi connectivity index (χ3v) is 26.6. The summed E-state index contributed by atoms with van der Waals surface area (Å²) in [6.45, 7) is 26.9. The molecule has 4 N–H and O–H groups in total. The van der Waals surface area contributed by atoms with E-state index in [1.807, 2.05) is 149 Å². The number of methoxy groups -OCH3 is 2. The van der Waals surface area contributed by atoms with Crippen LogP contribution in [0.1, 0.15) is 249 Å². The Labute approximate surface area is 743 Å². The lowest BCUT2D eigenvalue weighted by Gasteiger charge is -2.46. The molecule has 3 fully saturated rings. The Bertz CT molecular complexity index is 5420. The summed E-state index contributed by atoms with van der Waals surface area (Å²) in [5.74, 6) is -0.430. The summed E-state index contributed by atoms with van der Waals surface area (Å²) in [4.78, 5) is 123. The highest BCUT2D eigenvalue weighted by Crippen LogP contribution is 2.53. The number of pyridine rings is 3. The highest BCUT2D eigenvalue weighted by molar-refractivity contribution is 9.10. The van der Waals surface area contributed by atoms with E-state index in [0.717, 1.165) is 137 Å². The van der Waals surface area contributed by atoms with Gasteiger partial charge in [0.1, 0.15) is 34.1 Å². The minimum absolute atomic E-state index is 0.0307. The molecule has 652 valence electrons. The van der Waals surface area contributed by atoms with Gasteiger partial charge in [-0.1, -0.05) is 163 Å². The fourth-order valence-electron chi connectivity index (χ4n) is 18.6. The average molecular weight is 1750 g/mol. The van der Waals surface area contributed by atoms with Crippen molar-refractivity contribution in [1.82, 2.24) is 35.0 Å². The summed E-state index contributed by atoms with van der Waals surface area (Å²) < 4.78 is 10.6. The van der Waals surface area contributed by atoms with Crippen molar-refractivity contribution in [1.29, 1.82) is 0 Å². The van der Waals surface area contributed by atoms with E-state index in [-0.39, 0.29) is 82.9 Å². The fraction of sp³-hybridized carbons (Fsp3) is 0.396. The summed E-state index contributed by atoms with van der Waals surface area (Å²) in [5.41, 5.74) is 11.8. The lowest BCUT2D eigenvalue weighted by atomic mass is 9.69. The van der Waals surface area contributed by atoms with Crippen molar-refractivity contribution in [3.63, 3.8) is 0 Å². The van der Waals surface area contributed by atoms with Gasteiger partial charge in [0.15, 0.2) is 0 Å². The molecule has 125 heavy (non-hydrogen) atoms. The fourth-order valence-corrected chi connectivity index (χ4v) is 19.0. The van der Waals surface area contributed by atoms with Gasteiger partial charge in [0, 0.05) is 70.5 Å². The molecule has 15 rings (SSSR count). The number of benzene rings is 6. The minimum Gasteiger partial charge on any atom is -0.481 e. The number of carboxylic acid groups (broad SMARTS) is 1. The van der Waals surface area contributed by atoms with Crippen molar-refractivity contribution < 1.29 is 58.2 Å². The highest BCUT2D eigenvalue weighted by Gasteiger charge is 2.55. The molecule has 0 bridgehead atoms. The summed E-state index contributed by atoms with van der Waals surface area (Å²) in [6.07, 6.45) is 21.0. The summed E-state index contributed by atoms with van der Waals surface area (Å²) in [5, 5.41) is 28.6. The quantitative estimate of drug-likeness (QED) is 0.0459. The molecule has 3 aliphatic heterocycles. The van der Waals surface area contributed by atoms with Gasteiger partial charge >= 0.3 is 25.0 Å². The first-order valence-electron chi connectivity index (χ1n) is 43.3. The van der Waals surface area contributed by atoms with Crippen LogP contribution < -0.4 is 10.8 Å². The van der Waals surface area contributed by atoms with E-state index in [2.05, 4.69) is 118 Å². The number of carbonyl (C=O) groups excluding carboxylic acids is 6. The molecule has 22 nitrogen and oxygen atoms in total. The second kappa shape index (κ2) is 39.4. The molecule has 3 atom stereocenters. The zero-order chi connectivity index (χ0) is 89.9. The molecule has 6 heterocycles. The van der Waals surface area contributed by atoms with Gasteiger partial charge in [-0.3, -0.25) is 53.9 Å². The number of carbonyl (C=O) groups is 7. The number of rotatable bonds is 18. The van der Waals surface area contributed by atoms with E-state index in [1.165, 1.54) is 26.6 Å². The number of hydrogen-bond donors (Lipinski definition) is 4. The molecular weight excluding hydrogens is 1640 g/mol. The number of esters is 2. The minimum atomic E-state index is -1.38. The van der Waals surface area contributed by atoms with E-state index in [4.69, 9.17) is 39.6 Å². The first-order chi connectivity index (χ1) is 59.5. The largest absolute Gasteiger partial charge is 0.488 e. The Morgan fingerprint density at radius 2 is 0.728 bits per heavy atom. The number of aliphatic carboxylic acids is 1. The lowest BCUT2D eigenvalue weighted by Crippen LogP contribution is -2.50. The van der Waals surface area contributed by atoms with Gasteiger partial charge in [0.2, 0.25) is 0 Å². The Morgan fingerprint density at radius 1 is 0.432 bits per heavy atom. The van der Waals surface area contributed by atoms with Gasteiger partial charge in [0.25, 0.3) is 23.6 Å². The van der Waals surface area contributed by atoms with Crippen LogP contribution in [0.5, 0.6) is 0 Å². The van der Waals surface area contributed by atoms with Crippen molar-refractivity contribution in [3.8, 4) is 22.3 Å². The van der Waals surface area contributed by atoms with E-state index in [0.29, 0.717) is 57.0 Å². The molecule has 4 amide bonds. The van der Waals surface area contributed by atoms with E-state index >= 15 is 0 Å². The molecule has 0 unspecified atom stereocenters. The second-order valence-corrected chi connectivity index (χ2v) is 37.8. The maximum Gasteiger partial charge on any atom is 0.488 e. The molecule has 0 radical (unpaired) electrons. The molecule has 3 saturated carbocycles. The lowest BCUT2D eigenvalue weighted by molar-refractivity contribution is -0.137. The smallest absolute Gasteiger partial charge is 0.481 e. The number of aromatic nitrogens is 3. The van der Waals surface area contributed by atoms with E-state index in [9.17, 15) is 33.6 Å². The Kier molecular flexibility index (Phi) is 29.2. The topological polar surface area (TPSA) is 296 Å². The summed E-state index contributed by atoms with van der Waals surface area (Å²) in [7, 11) is 1.37. The van der Waals surface area contributed by atoms with Crippen LogP contribution in [-0.4, -0.2) is 148 Å². The normalized spacial score (nSPS) is 21.2. The molecule has 0 saturated heterocycles. The molecule has 3 spiro atoms. The van der Waals surface area contributed by atoms with Crippen LogP contribution in [0.25, 0.3) is 22.3 Å².